The first-order valence-electron chi connectivity index (χ1n) is 4.69. The third-order valence-electron chi connectivity index (χ3n) is 2.55. The molecule has 0 saturated carbocycles. The van der Waals surface area contributed by atoms with Gasteiger partial charge in [0.05, 0.1) is 6.10 Å². The summed E-state index contributed by atoms with van der Waals surface area (Å²) in [6.45, 7) is 4.82. The quantitative estimate of drug-likeness (QED) is 0.644. The second kappa shape index (κ2) is 4.58. The summed E-state index contributed by atoms with van der Waals surface area (Å²) in [4.78, 5) is 10.9. The van der Waals surface area contributed by atoms with Crippen LogP contribution in [0.4, 0.5) is 0 Å². The summed E-state index contributed by atoms with van der Waals surface area (Å²) in [7, 11) is 1.70. The molecular weight excluding hydrogens is 168 g/mol. The van der Waals surface area contributed by atoms with Crippen molar-refractivity contribution in [3.63, 3.8) is 0 Å². The maximum Gasteiger partial charge on any atom is 0.221 e. The topological polar surface area (TPSA) is 50.4 Å². The molecule has 1 saturated heterocycles. The van der Waals surface area contributed by atoms with Crippen LogP contribution in [-0.2, 0) is 9.53 Å². The molecule has 76 valence electrons. The lowest BCUT2D eigenvalue weighted by molar-refractivity contribution is -0.119. The van der Waals surface area contributed by atoms with E-state index in [1.54, 1.807) is 7.11 Å². The van der Waals surface area contributed by atoms with E-state index >= 15 is 0 Å². The lowest BCUT2D eigenvalue weighted by Crippen LogP contribution is -2.44. The van der Waals surface area contributed by atoms with E-state index in [2.05, 4.69) is 17.6 Å². The van der Waals surface area contributed by atoms with Crippen molar-refractivity contribution in [2.45, 2.75) is 38.5 Å². The van der Waals surface area contributed by atoms with Crippen LogP contribution >= 0.6 is 0 Å². The van der Waals surface area contributed by atoms with Gasteiger partial charge in [-0.2, -0.15) is 0 Å². The number of hydrogen-bond acceptors (Lipinski definition) is 3. The molecule has 1 heterocycles. The second-order valence-corrected chi connectivity index (χ2v) is 3.60. The van der Waals surface area contributed by atoms with Crippen LogP contribution in [0.25, 0.3) is 0 Å². The maximum absolute atomic E-state index is 10.9. The van der Waals surface area contributed by atoms with Crippen molar-refractivity contribution in [3.05, 3.63) is 0 Å². The van der Waals surface area contributed by atoms with Gasteiger partial charge in [0.2, 0.25) is 5.91 Å². The molecule has 0 aromatic carbocycles. The fourth-order valence-electron chi connectivity index (χ4n) is 1.43. The molecule has 1 rings (SSSR count). The molecule has 0 radical (unpaired) electrons. The zero-order valence-corrected chi connectivity index (χ0v) is 8.46. The van der Waals surface area contributed by atoms with Crippen LogP contribution in [0.3, 0.4) is 0 Å². The molecule has 3 atom stereocenters. The molecule has 0 spiro atoms. The van der Waals surface area contributed by atoms with Crippen LogP contribution in [0.2, 0.25) is 0 Å². The van der Waals surface area contributed by atoms with Gasteiger partial charge < -0.3 is 15.4 Å². The number of methoxy groups -OCH3 is 1. The molecule has 1 aliphatic rings. The number of nitrogens with one attached hydrogen (secondary N) is 2. The van der Waals surface area contributed by atoms with Gasteiger partial charge in [0.1, 0.15) is 0 Å². The maximum atomic E-state index is 10.9. The summed E-state index contributed by atoms with van der Waals surface area (Å²) < 4.78 is 5.18. The Morgan fingerprint density at radius 1 is 1.62 bits per heavy atom. The highest BCUT2D eigenvalue weighted by molar-refractivity contribution is 5.78. The summed E-state index contributed by atoms with van der Waals surface area (Å²) in [6, 6.07) is 0.544. The molecule has 3 unspecified atom stereocenters. The van der Waals surface area contributed by atoms with E-state index < -0.39 is 0 Å². The molecule has 13 heavy (non-hydrogen) atoms. The van der Waals surface area contributed by atoms with Crippen LogP contribution in [-0.4, -0.2) is 37.7 Å². The second-order valence-electron chi connectivity index (χ2n) is 3.60. The average molecular weight is 186 g/mol. The van der Waals surface area contributed by atoms with Crippen molar-refractivity contribution < 1.29 is 9.53 Å². The SMILES string of the molecule is COC(C)C(C)NC1CNC(=O)C1. The Kier molecular flexibility index (Phi) is 3.69. The summed E-state index contributed by atoms with van der Waals surface area (Å²) in [5, 5.41) is 6.14. The van der Waals surface area contributed by atoms with Crippen LogP contribution < -0.4 is 10.6 Å². The van der Waals surface area contributed by atoms with Crippen molar-refractivity contribution >= 4 is 5.91 Å². The monoisotopic (exact) mass is 186 g/mol. The van der Waals surface area contributed by atoms with E-state index in [4.69, 9.17) is 4.74 Å². The summed E-state index contributed by atoms with van der Waals surface area (Å²) >= 11 is 0. The smallest absolute Gasteiger partial charge is 0.221 e. The van der Waals surface area contributed by atoms with E-state index in [1.165, 1.54) is 0 Å². The molecule has 0 aliphatic carbocycles. The molecule has 0 aromatic rings. The highest BCUT2D eigenvalue weighted by atomic mass is 16.5. The van der Waals surface area contributed by atoms with E-state index in [0.29, 0.717) is 6.42 Å². The van der Waals surface area contributed by atoms with Crippen molar-refractivity contribution in [3.8, 4) is 0 Å². The number of rotatable bonds is 4. The van der Waals surface area contributed by atoms with Crippen molar-refractivity contribution in [2.24, 2.45) is 0 Å². The van der Waals surface area contributed by atoms with Gasteiger partial charge in [-0.1, -0.05) is 0 Å². The average Bonchev–Trinajstić information content (AvgIpc) is 2.49. The number of carbonyl (C=O) groups excluding carboxylic acids is 1. The summed E-state index contributed by atoms with van der Waals surface area (Å²) in [5.41, 5.74) is 0. The van der Waals surface area contributed by atoms with Crippen molar-refractivity contribution in [2.75, 3.05) is 13.7 Å². The summed E-state index contributed by atoms with van der Waals surface area (Å²) in [6.07, 6.45) is 0.761. The Hall–Kier alpha value is -0.610. The molecule has 2 N–H and O–H groups in total. The molecule has 4 heteroatoms. The van der Waals surface area contributed by atoms with Gasteiger partial charge in [-0.05, 0) is 13.8 Å². The lowest BCUT2D eigenvalue weighted by Gasteiger charge is -2.22. The third kappa shape index (κ3) is 2.97. The Morgan fingerprint density at radius 3 is 2.77 bits per heavy atom. The Morgan fingerprint density at radius 2 is 2.31 bits per heavy atom. The normalized spacial score (nSPS) is 27.0. The van der Waals surface area contributed by atoms with E-state index in [9.17, 15) is 4.79 Å². The number of carbonyl (C=O) groups is 1. The Bertz CT molecular complexity index is 184. The van der Waals surface area contributed by atoms with Gasteiger partial charge in [0, 0.05) is 32.2 Å². The molecule has 1 amide bonds. The number of hydrogen-bond donors (Lipinski definition) is 2. The van der Waals surface area contributed by atoms with Gasteiger partial charge in [-0.3, -0.25) is 4.79 Å². The van der Waals surface area contributed by atoms with Crippen molar-refractivity contribution in [1.29, 1.82) is 0 Å². The zero-order valence-electron chi connectivity index (χ0n) is 8.46. The molecule has 1 aliphatic heterocycles. The predicted molar refractivity (Wildman–Crippen MR) is 50.5 cm³/mol. The van der Waals surface area contributed by atoms with Gasteiger partial charge in [-0.25, -0.2) is 0 Å². The molecule has 0 bridgehead atoms. The van der Waals surface area contributed by atoms with E-state index in [-0.39, 0.29) is 24.1 Å². The molecular formula is C9H18N2O2. The van der Waals surface area contributed by atoms with E-state index in [1.807, 2.05) is 6.92 Å². The van der Waals surface area contributed by atoms with Crippen LogP contribution in [0.15, 0.2) is 0 Å². The van der Waals surface area contributed by atoms with E-state index in [0.717, 1.165) is 6.54 Å². The first-order chi connectivity index (χ1) is 6.13. The number of ether oxygens (including phenoxy) is 1. The minimum Gasteiger partial charge on any atom is -0.380 e. The molecule has 0 aromatic heterocycles. The summed E-state index contributed by atoms with van der Waals surface area (Å²) in [5.74, 6) is 0.134. The minimum absolute atomic E-state index is 0.134. The standard InChI is InChI=1S/C9H18N2O2/c1-6(7(2)13-3)11-8-4-9(12)10-5-8/h6-8,11H,4-5H2,1-3H3,(H,10,12). The Labute approximate surface area is 79.0 Å². The van der Waals surface area contributed by atoms with Gasteiger partial charge in [-0.15, -0.1) is 0 Å². The lowest BCUT2D eigenvalue weighted by atomic mass is 10.1. The Balaban J connectivity index is 2.28. The van der Waals surface area contributed by atoms with Crippen molar-refractivity contribution in [1.82, 2.24) is 10.6 Å². The molecule has 4 nitrogen and oxygen atoms in total. The highest BCUT2D eigenvalue weighted by Crippen LogP contribution is 2.03. The fourth-order valence-corrected chi connectivity index (χ4v) is 1.43. The highest BCUT2D eigenvalue weighted by Gasteiger charge is 2.24. The zero-order chi connectivity index (χ0) is 9.84. The largest absolute Gasteiger partial charge is 0.380 e. The fraction of sp³-hybridized carbons (Fsp3) is 0.889. The molecule has 1 fully saturated rings. The van der Waals surface area contributed by atoms with Gasteiger partial charge in [0.15, 0.2) is 0 Å². The van der Waals surface area contributed by atoms with Gasteiger partial charge in [0.25, 0.3) is 0 Å². The van der Waals surface area contributed by atoms with Crippen LogP contribution in [0.5, 0.6) is 0 Å². The number of amides is 1. The van der Waals surface area contributed by atoms with Crippen LogP contribution in [0, 0.1) is 0 Å². The first kappa shape index (κ1) is 10.5. The predicted octanol–water partition coefficient (Wildman–Crippen LogP) is -0.112. The van der Waals surface area contributed by atoms with Crippen LogP contribution in [0.1, 0.15) is 20.3 Å². The third-order valence-corrected chi connectivity index (χ3v) is 2.55. The first-order valence-corrected chi connectivity index (χ1v) is 4.69. The van der Waals surface area contributed by atoms with Gasteiger partial charge >= 0.3 is 0 Å². The minimum atomic E-state index is 0.134.